The highest BCUT2D eigenvalue weighted by Crippen LogP contribution is 2.50. The average Bonchev–Trinajstić information content (AvgIpc) is 2.64. The molecule has 0 aromatic heterocycles. The summed E-state index contributed by atoms with van der Waals surface area (Å²) in [6.45, 7) is 3.10. The summed E-state index contributed by atoms with van der Waals surface area (Å²) in [6, 6.07) is 0. The second-order valence-electron chi connectivity index (χ2n) is 4.99. The van der Waals surface area contributed by atoms with Crippen LogP contribution in [0.1, 0.15) is 33.6 Å². The fourth-order valence-corrected chi connectivity index (χ4v) is 2.20. The van der Waals surface area contributed by atoms with Crippen LogP contribution < -0.4 is 5.73 Å². The van der Waals surface area contributed by atoms with E-state index in [0.717, 1.165) is 6.92 Å². The Morgan fingerprint density at radius 3 is 1.76 bits per heavy atom. The molecule has 0 aliphatic rings. The number of nitrogens with two attached hydrogens (primary N) is 1. The van der Waals surface area contributed by atoms with Crippen molar-refractivity contribution < 1.29 is 51.8 Å². The van der Waals surface area contributed by atoms with Gasteiger partial charge in [-0.3, -0.25) is 13.8 Å². The zero-order valence-electron chi connectivity index (χ0n) is 16.7. The van der Waals surface area contributed by atoms with Gasteiger partial charge in [0.1, 0.15) is 0 Å². The minimum absolute atomic E-state index is 0.110. The Morgan fingerprint density at radius 2 is 1.38 bits per heavy atom. The average molecular weight is 443 g/mol. The molecule has 0 radical (unpaired) electrons. The molecule has 0 heterocycles. The van der Waals surface area contributed by atoms with Crippen LogP contribution in [0.25, 0.3) is 0 Å². The van der Waals surface area contributed by atoms with Crippen LogP contribution in [0.15, 0.2) is 4.76 Å². The molecule has 0 atom stereocenters. The van der Waals surface area contributed by atoms with Gasteiger partial charge >= 0.3 is 26.0 Å². The summed E-state index contributed by atoms with van der Waals surface area (Å²) in [6.07, 6.45) is -1.03. The summed E-state index contributed by atoms with van der Waals surface area (Å²) in [5.41, 5.74) is 5.55. The van der Waals surface area contributed by atoms with Crippen molar-refractivity contribution >= 4 is 32.0 Å². The lowest BCUT2D eigenvalue weighted by Crippen LogP contribution is -2.35. The van der Waals surface area contributed by atoms with Gasteiger partial charge in [0, 0.05) is 14.0 Å². The molecule has 168 valence electrons. The van der Waals surface area contributed by atoms with E-state index >= 15 is 0 Å². The van der Waals surface area contributed by atoms with Crippen LogP contribution in [0, 0.1) is 0 Å². The molecule has 2 N–H and O–H groups in total. The Labute approximate surface area is 167 Å². The number of nitrogens with zero attached hydrogens (tertiary/aromatic N) is 2. The molecular formula is C14H26N3O11P. The molecular weight excluding hydrogens is 417 g/mol. The first kappa shape index (κ1) is 26.4. The quantitative estimate of drug-likeness (QED) is 0.122. The van der Waals surface area contributed by atoms with E-state index in [2.05, 4.69) is 28.5 Å². The van der Waals surface area contributed by atoms with E-state index in [1.165, 1.54) is 7.05 Å². The van der Waals surface area contributed by atoms with Gasteiger partial charge in [0.2, 0.25) is 19.5 Å². The third kappa shape index (κ3) is 13.3. The summed E-state index contributed by atoms with van der Waals surface area (Å²) >= 11 is 0. The molecule has 0 aromatic rings. The number of hydrogen-bond donors (Lipinski definition) is 1. The second kappa shape index (κ2) is 14.4. The van der Waals surface area contributed by atoms with Crippen LogP contribution in [-0.2, 0) is 42.2 Å². The normalized spacial score (nSPS) is 11.4. The Hall–Kier alpha value is -2.57. The highest BCUT2D eigenvalue weighted by Gasteiger charge is 2.28. The van der Waals surface area contributed by atoms with Crippen molar-refractivity contribution in [2.45, 2.75) is 33.6 Å². The van der Waals surface area contributed by atoms with Crippen LogP contribution >= 0.6 is 7.75 Å². The van der Waals surface area contributed by atoms with E-state index in [1.54, 1.807) is 13.8 Å². The molecule has 29 heavy (non-hydrogen) atoms. The Kier molecular flexibility index (Phi) is 13.2. The van der Waals surface area contributed by atoms with E-state index in [9.17, 15) is 18.9 Å². The zero-order chi connectivity index (χ0) is 22.3. The van der Waals surface area contributed by atoms with E-state index in [1.807, 2.05) is 0 Å². The largest absolute Gasteiger partial charge is 0.510 e. The lowest BCUT2D eigenvalue weighted by atomic mass is 10.5. The van der Waals surface area contributed by atoms with Gasteiger partial charge in [-0.2, -0.15) is 5.06 Å². The van der Waals surface area contributed by atoms with Crippen LogP contribution in [-0.4, -0.2) is 63.2 Å². The molecule has 0 aromatic carbocycles. The number of carbonyl (C=O) groups excluding carboxylic acids is 3. The molecule has 0 bridgehead atoms. The molecule has 0 unspecified atom stereocenters. The smallest absolute Gasteiger partial charge is 0.434 e. The van der Waals surface area contributed by atoms with E-state index in [4.69, 9.17) is 14.8 Å². The van der Waals surface area contributed by atoms with Crippen molar-refractivity contribution in [1.29, 1.82) is 0 Å². The first-order valence-corrected chi connectivity index (χ1v) is 9.89. The molecule has 15 heteroatoms. The summed E-state index contributed by atoms with van der Waals surface area (Å²) in [5.74, 6) is -1.31. The summed E-state index contributed by atoms with van der Waals surface area (Å²) in [7, 11) is -3.28. The zero-order valence-corrected chi connectivity index (χ0v) is 17.5. The number of hydrogen-bond acceptors (Lipinski definition) is 11. The van der Waals surface area contributed by atoms with Crippen LogP contribution in [0.2, 0.25) is 0 Å². The van der Waals surface area contributed by atoms with Crippen molar-refractivity contribution in [3.05, 3.63) is 0 Å². The first-order valence-electron chi connectivity index (χ1n) is 8.39. The first-order chi connectivity index (χ1) is 13.6. The predicted molar refractivity (Wildman–Crippen MR) is 96.1 cm³/mol. The summed E-state index contributed by atoms with van der Waals surface area (Å²) < 4.78 is 44.1. The molecule has 14 nitrogen and oxygen atoms in total. The summed E-state index contributed by atoms with van der Waals surface area (Å²) in [4.78, 5) is 38.1. The van der Waals surface area contributed by atoms with Crippen LogP contribution in [0.5, 0.6) is 0 Å². The Bertz CT molecular complexity index is 584. The second-order valence-corrected chi connectivity index (χ2v) is 6.64. The maximum Gasteiger partial charge on any atom is 0.510 e. The fraction of sp³-hybridized carbons (Fsp3) is 0.714. The van der Waals surface area contributed by atoms with Gasteiger partial charge in [-0.05, 0) is 12.8 Å². The van der Waals surface area contributed by atoms with Crippen molar-refractivity contribution in [2.24, 2.45) is 10.5 Å². The highest BCUT2D eigenvalue weighted by atomic mass is 31.2. The number of carbonyl (C=O) groups is 3. The molecule has 0 aliphatic carbocycles. The third-order valence-electron chi connectivity index (χ3n) is 2.45. The molecule has 0 rings (SSSR count). The minimum atomic E-state index is -4.47. The van der Waals surface area contributed by atoms with Gasteiger partial charge in [0.05, 0.1) is 13.2 Å². The van der Waals surface area contributed by atoms with Gasteiger partial charge in [0.15, 0.2) is 0 Å². The van der Waals surface area contributed by atoms with Crippen molar-refractivity contribution in [3.8, 4) is 0 Å². The Balaban J connectivity index is 4.96. The minimum Gasteiger partial charge on any atom is -0.434 e. The van der Waals surface area contributed by atoms with Gasteiger partial charge in [-0.1, -0.05) is 13.8 Å². The maximum absolute atomic E-state index is 12.7. The molecule has 0 saturated heterocycles. The van der Waals surface area contributed by atoms with Gasteiger partial charge in [0.25, 0.3) is 0 Å². The van der Waals surface area contributed by atoms with Gasteiger partial charge < -0.3 is 29.5 Å². The lowest BCUT2D eigenvalue weighted by molar-refractivity contribution is -0.166. The van der Waals surface area contributed by atoms with Crippen LogP contribution in [0.3, 0.4) is 0 Å². The SMILES string of the molecule is CCCOC(=O)OCOP(=O)(N=C(N)N(C)OC(C)=O)OCOC(=O)OCCC. The van der Waals surface area contributed by atoms with E-state index in [0.29, 0.717) is 17.9 Å². The van der Waals surface area contributed by atoms with Crippen molar-refractivity contribution in [1.82, 2.24) is 5.06 Å². The van der Waals surface area contributed by atoms with Crippen molar-refractivity contribution in [2.75, 3.05) is 33.8 Å². The topological polar surface area (TPSA) is 175 Å². The third-order valence-corrected chi connectivity index (χ3v) is 3.76. The predicted octanol–water partition coefficient (Wildman–Crippen LogP) is 1.89. The molecule has 0 aliphatic heterocycles. The molecule has 0 amide bonds. The number of hydroxylamine groups is 2. The molecule has 0 fully saturated rings. The van der Waals surface area contributed by atoms with Crippen molar-refractivity contribution in [3.63, 3.8) is 0 Å². The monoisotopic (exact) mass is 443 g/mol. The number of guanidine groups is 1. The molecule has 0 saturated carbocycles. The highest BCUT2D eigenvalue weighted by molar-refractivity contribution is 7.52. The maximum atomic E-state index is 12.7. The van der Waals surface area contributed by atoms with Crippen LogP contribution in [0.4, 0.5) is 9.59 Å². The lowest BCUT2D eigenvalue weighted by Gasteiger charge is -2.18. The standard InChI is InChI=1S/C14H26N3O11P/c1-5-7-22-13(19)24-9-26-29(21,16-12(15)17(4)28-11(3)18)27-10-25-14(20)23-8-6-2/h5-10H2,1-4H3,(H2,15,16,21). The summed E-state index contributed by atoms with van der Waals surface area (Å²) in [5, 5.41) is 0.689. The molecule has 0 spiro atoms. The van der Waals surface area contributed by atoms with E-state index < -0.39 is 45.6 Å². The number of ether oxygens (including phenoxy) is 4. The van der Waals surface area contributed by atoms with E-state index in [-0.39, 0.29) is 13.2 Å². The Morgan fingerprint density at radius 1 is 0.931 bits per heavy atom. The fourth-order valence-electron chi connectivity index (χ4n) is 1.26. The number of rotatable bonds is 11. The van der Waals surface area contributed by atoms with Gasteiger partial charge in [-0.25, -0.2) is 14.2 Å². The van der Waals surface area contributed by atoms with Gasteiger partial charge in [-0.15, -0.1) is 4.76 Å².